The molecule has 0 saturated heterocycles. The number of halogens is 4. The van der Waals surface area contributed by atoms with Gasteiger partial charge in [-0.15, -0.1) is 0 Å². The molecule has 2 aromatic rings. The zero-order valence-corrected chi connectivity index (χ0v) is 17.7. The highest BCUT2D eigenvalue weighted by molar-refractivity contribution is 5.67. The van der Waals surface area contributed by atoms with E-state index in [0.29, 0.717) is 11.8 Å². The van der Waals surface area contributed by atoms with Gasteiger partial charge in [0.15, 0.2) is 23.1 Å². The Morgan fingerprint density at radius 2 is 1.52 bits per heavy atom. The number of allylic oxidation sites excluding steroid dienone is 1. The van der Waals surface area contributed by atoms with Crippen LogP contribution in [-0.2, 0) is 0 Å². The molecule has 0 bridgehead atoms. The molecule has 0 radical (unpaired) electrons. The lowest BCUT2D eigenvalue weighted by molar-refractivity contribution is 0.294. The summed E-state index contributed by atoms with van der Waals surface area (Å²) in [6.45, 7) is 2.41. The fourth-order valence-corrected chi connectivity index (χ4v) is 5.21. The molecule has 1 fully saturated rings. The number of rotatable bonds is 7. The van der Waals surface area contributed by atoms with Crippen molar-refractivity contribution in [3.8, 4) is 22.6 Å². The normalized spacial score (nSPS) is 22.4. The largest absolute Gasteiger partial charge is 0.494 e. The molecule has 6 heteroatoms. The van der Waals surface area contributed by atoms with E-state index < -0.39 is 23.3 Å². The molecular weight excluding hydrogens is 408 g/mol. The molecule has 0 aromatic heterocycles. The first-order valence-electron chi connectivity index (χ1n) is 10.8. The van der Waals surface area contributed by atoms with Crippen molar-refractivity contribution in [3.05, 3.63) is 59.2 Å². The Balaban J connectivity index is 1.50. The van der Waals surface area contributed by atoms with Crippen molar-refractivity contribution in [1.29, 1.82) is 0 Å². The minimum atomic E-state index is -1.30. The smallest absolute Gasteiger partial charge is 0.201 e. The highest BCUT2D eigenvalue weighted by atomic mass is 19.2. The molecular formula is C25H26F4O2. The molecule has 3 atom stereocenters. The predicted octanol–water partition coefficient (Wildman–Crippen LogP) is 7.07. The van der Waals surface area contributed by atoms with Crippen LogP contribution in [0.2, 0.25) is 0 Å². The third kappa shape index (κ3) is 3.92. The van der Waals surface area contributed by atoms with Crippen molar-refractivity contribution >= 4 is 0 Å². The molecule has 0 heterocycles. The van der Waals surface area contributed by atoms with Crippen molar-refractivity contribution in [1.82, 2.24) is 0 Å². The fraction of sp³-hybridized carbons (Fsp3) is 0.440. The first-order valence-corrected chi connectivity index (χ1v) is 10.8. The van der Waals surface area contributed by atoms with Gasteiger partial charge >= 0.3 is 0 Å². The van der Waals surface area contributed by atoms with Gasteiger partial charge in [-0.2, -0.15) is 8.78 Å². The van der Waals surface area contributed by atoms with Crippen molar-refractivity contribution < 1.29 is 27.0 Å². The van der Waals surface area contributed by atoms with Crippen LogP contribution in [0.1, 0.15) is 39.0 Å². The molecule has 2 aliphatic carbocycles. The molecule has 4 rings (SSSR count). The lowest BCUT2D eigenvalue weighted by Crippen LogP contribution is -2.14. The Hall–Kier alpha value is -2.50. The van der Waals surface area contributed by atoms with Crippen LogP contribution in [0, 0.1) is 41.0 Å². The predicted molar refractivity (Wildman–Crippen MR) is 111 cm³/mol. The zero-order valence-electron chi connectivity index (χ0n) is 17.7. The Morgan fingerprint density at radius 3 is 2.16 bits per heavy atom. The van der Waals surface area contributed by atoms with Gasteiger partial charge in [0.2, 0.25) is 11.6 Å². The molecule has 0 spiro atoms. The molecule has 3 unspecified atom stereocenters. The molecule has 166 valence electrons. The number of hydrogen-bond donors (Lipinski definition) is 0. The first kappa shape index (κ1) is 21.7. The van der Waals surface area contributed by atoms with Crippen LogP contribution in [0.25, 0.3) is 11.1 Å². The molecule has 31 heavy (non-hydrogen) atoms. The van der Waals surface area contributed by atoms with Gasteiger partial charge in [-0.1, -0.05) is 25.8 Å². The van der Waals surface area contributed by atoms with E-state index in [1.165, 1.54) is 44.6 Å². The van der Waals surface area contributed by atoms with E-state index in [-0.39, 0.29) is 29.2 Å². The summed E-state index contributed by atoms with van der Waals surface area (Å²) in [6, 6.07) is 4.80. The maximum atomic E-state index is 14.7. The number of benzene rings is 2. The van der Waals surface area contributed by atoms with Gasteiger partial charge in [0.05, 0.1) is 7.11 Å². The summed E-state index contributed by atoms with van der Waals surface area (Å²) in [6.07, 6.45) is 7.93. The lowest BCUT2D eigenvalue weighted by Gasteiger charge is -2.20. The summed E-state index contributed by atoms with van der Waals surface area (Å²) >= 11 is 0. The second-order valence-electron chi connectivity index (χ2n) is 8.38. The average molecular weight is 434 g/mol. The maximum Gasteiger partial charge on any atom is 0.201 e. The maximum absolute atomic E-state index is 14.7. The van der Waals surface area contributed by atoms with E-state index in [1.54, 1.807) is 0 Å². The summed E-state index contributed by atoms with van der Waals surface area (Å²) in [5.41, 5.74) is 0.397. The van der Waals surface area contributed by atoms with Crippen LogP contribution in [-0.4, -0.2) is 13.7 Å². The first-order chi connectivity index (χ1) is 15.0. The van der Waals surface area contributed by atoms with E-state index in [4.69, 9.17) is 9.47 Å². The monoisotopic (exact) mass is 434 g/mol. The molecule has 0 N–H and O–H groups in total. The summed E-state index contributed by atoms with van der Waals surface area (Å²) < 4.78 is 68.0. The van der Waals surface area contributed by atoms with E-state index in [0.717, 1.165) is 30.4 Å². The van der Waals surface area contributed by atoms with Gasteiger partial charge < -0.3 is 9.47 Å². The highest BCUT2D eigenvalue weighted by Gasteiger charge is 2.40. The van der Waals surface area contributed by atoms with Crippen LogP contribution in [0.15, 0.2) is 35.9 Å². The van der Waals surface area contributed by atoms with Crippen LogP contribution < -0.4 is 9.47 Å². The number of methoxy groups -OCH3 is 1. The minimum absolute atomic E-state index is 0.210. The van der Waals surface area contributed by atoms with Gasteiger partial charge in [-0.25, -0.2) is 8.78 Å². The summed E-state index contributed by atoms with van der Waals surface area (Å²) in [4.78, 5) is 0. The molecule has 2 nitrogen and oxygen atoms in total. The zero-order chi connectivity index (χ0) is 22.1. The van der Waals surface area contributed by atoms with Gasteiger partial charge in [0, 0.05) is 11.1 Å². The number of fused-ring (bicyclic) bond motifs is 1. The van der Waals surface area contributed by atoms with Crippen molar-refractivity contribution in [3.63, 3.8) is 0 Å². The third-order valence-corrected chi connectivity index (χ3v) is 6.76. The quantitative estimate of drug-likeness (QED) is 0.343. The van der Waals surface area contributed by atoms with E-state index >= 15 is 0 Å². The summed E-state index contributed by atoms with van der Waals surface area (Å²) in [5, 5.41) is 0. The topological polar surface area (TPSA) is 18.5 Å². The van der Waals surface area contributed by atoms with Crippen molar-refractivity contribution in [2.45, 2.75) is 39.0 Å². The summed E-state index contributed by atoms with van der Waals surface area (Å²) in [5.74, 6) is -3.74. The third-order valence-electron chi connectivity index (χ3n) is 6.76. The molecule has 2 aliphatic rings. The SMILES string of the molecule is CCCC1CCC2C(COc3ccc(-c4ccc(OC)c(F)c4F)c(F)c3F)=CCC12. The van der Waals surface area contributed by atoms with E-state index in [1.807, 2.05) is 0 Å². The van der Waals surface area contributed by atoms with Crippen molar-refractivity contribution in [2.24, 2.45) is 17.8 Å². The number of ether oxygens (including phenoxy) is 2. The van der Waals surface area contributed by atoms with E-state index in [9.17, 15) is 17.6 Å². The molecule has 1 saturated carbocycles. The van der Waals surface area contributed by atoms with Crippen LogP contribution >= 0.6 is 0 Å². The second-order valence-corrected chi connectivity index (χ2v) is 8.38. The second kappa shape index (κ2) is 8.93. The highest BCUT2D eigenvalue weighted by Crippen LogP contribution is 2.49. The van der Waals surface area contributed by atoms with Gasteiger partial charge in [-0.05, 0) is 66.9 Å². The Morgan fingerprint density at radius 1 is 0.871 bits per heavy atom. The van der Waals surface area contributed by atoms with Crippen molar-refractivity contribution in [2.75, 3.05) is 13.7 Å². The Labute approximate surface area is 179 Å². The molecule has 0 amide bonds. The number of hydrogen-bond acceptors (Lipinski definition) is 2. The standard InChI is InChI=1S/C25H26F4O2/c1-3-4-14-5-7-17-15(6-8-16(14)17)13-31-21-12-10-19(23(27)25(21)29)18-9-11-20(30-2)24(28)22(18)26/h6,9-12,14,16-17H,3-5,7-8,13H2,1-2H3. The minimum Gasteiger partial charge on any atom is -0.494 e. The van der Waals surface area contributed by atoms with Gasteiger partial charge in [-0.3, -0.25) is 0 Å². The Bertz CT molecular complexity index is 1000. The van der Waals surface area contributed by atoms with Crippen LogP contribution in [0.4, 0.5) is 17.6 Å². The van der Waals surface area contributed by atoms with Crippen LogP contribution in [0.5, 0.6) is 11.5 Å². The lowest BCUT2D eigenvalue weighted by atomic mass is 9.87. The average Bonchev–Trinajstić information content (AvgIpc) is 3.35. The van der Waals surface area contributed by atoms with E-state index in [2.05, 4.69) is 13.0 Å². The Kier molecular flexibility index (Phi) is 6.26. The van der Waals surface area contributed by atoms with Crippen LogP contribution in [0.3, 0.4) is 0 Å². The van der Waals surface area contributed by atoms with Gasteiger partial charge in [0.25, 0.3) is 0 Å². The molecule has 0 aliphatic heterocycles. The van der Waals surface area contributed by atoms with Gasteiger partial charge in [0.1, 0.15) is 6.61 Å². The summed E-state index contributed by atoms with van der Waals surface area (Å²) in [7, 11) is 1.20. The molecule has 2 aromatic carbocycles. The fourth-order valence-electron chi connectivity index (χ4n) is 5.21.